The van der Waals surface area contributed by atoms with Crippen molar-refractivity contribution < 1.29 is 28.6 Å². The maximum atomic E-state index is 12.9. The predicted molar refractivity (Wildman–Crippen MR) is 357 cm³/mol. The van der Waals surface area contributed by atoms with Gasteiger partial charge in [-0.3, -0.25) is 14.4 Å². The van der Waals surface area contributed by atoms with E-state index >= 15 is 0 Å². The Labute approximate surface area is 507 Å². The molecule has 0 aromatic rings. The van der Waals surface area contributed by atoms with Crippen LogP contribution in [-0.2, 0) is 28.6 Å². The Morgan fingerprint density at radius 1 is 0.256 bits per heavy atom. The summed E-state index contributed by atoms with van der Waals surface area (Å²) >= 11 is 0. The van der Waals surface area contributed by atoms with Crippen LogP contribution in [0.4, 0.5) is 0 Å². The first-order valence-corrected chi connectivity index (χ1v) is 34.5. The maximum absolute atomic E-state index is 12.9. The maximum Gasteiger partial charge on any atom is 0.306 e. The Morgan fingerprint density at radius 2 is 0.476 bits per heavy atom. The number of ether oxygens (including phenoxy) is 3. The topological polar surface area (TPSA) is 78.9 Å². The fourth-order valence-electron chi connectivity index (χ4n) is 9.55. The Hall–Kier alpha value is -4.19. The van der Waals surface area contributed by atoms with Crippen molar-refractivity contribution in [2.45, 2.75) is 329 Å². The number of allylic oxidation sites excluding steroid dienone is 20. The third kappa shape index (κ3) is 66.6. The van der Waals surface area contributed by atoms with Crippen molar-refractivity contribution in [2.75, 3.05) is 13.2 Å². The van der Waals surface area contributed by atoms with E-state index in [-0.39, 0.29) is 31.1 Å². The lowest BCUT2D eigenvalue weighted by Crippen LogP contribution is -2.30. The van der Waals surface area contributed by atoms with Gasteiger partial charge < -0.3 is 14.2 Å². The molecule has 0 fully saturated rings. The van der Waals surface area contributed by atoms with E-state index in [1.165, 1.54) is 154 Å². The highest BCUT2D eigenvalue weighted by Crippen LogP contribution is 2.17. The quantitative estimate of drug-likeness (QED) is 0.0261. The molecule has 0 N–H and O–H groups in total. The van der Waals surface area contributed by atoms with E-state index in [0.717, 1.165) is 128 Å². The third-order valence-electron chi connectivity index (χ3n) is 14.7. The molecule has 0 aliphatic carbocycles. The van der Waals surface area contributed by atoms with Gasteiger partial charge >= 0.3 is 17.9 Å². The predicted octanol–water partition coefficient (Wildman–Crippen LogP) is 23.9. The molecule has 0 bridgehead atoms. The summed E-state index contributed by atoms with van der Waals surface area (Å²) in [5, 5.41) is 0. The minimum absolute atomic E-state index is 0.0920. The van der Waals surface area contributed by atoms with Gasteiger partial charge in [-0.15, -0.1) is 0 Å². The molecule has 0 aliphatic heterocycles. The van der Waals surface area contributed by atoms with Crippen molar-refractivity contribution in [3.8, 4) is 0 Å². The van der Waals surface area contributed by atoms with Crippen LogP contribution < -0.4 is 0 Å². The molecule has 1 unspecified atom stereocenters. The second-order valence-corrected chi connectivity index (χ2v) is 22.7. The molecule has 0 saturated heterocycles. The van der Waals surface area contributed by atoms with Gasteiger partial charge in [-0.2, -0.15) is 0 Å². The van der Waals surface area contributed by atoms with Gasteiger partial charge in [-0.1, -0.05) is 309 Å². The van der Waals surface area contributed by atoms with Crippen molar-refractivity contribution in [3.63, 3.8) is 0 Å². The largest absolute Gasteiger partial charge is 0.462 e. The molecule has 0 aliphatic rings. The Balaban J connectivity index is 4.39. The average Bonchev–Trinajstić information content (AvgIpc) is 3.47. The van der Waals surface area contributed by atoms with E-state index in [2.05, 4.69) is 142 Å². The molecular formula is C76H128O6. The molecular weight excluding hydrogens is 1010 g/mol. The molecule has 6 heteroatoms. The van der Waals surface area contributed by atoms with Crippen LogP contribution in [0.2, 0.25) is 0 Å². The van der Waals surface area contributed by atoms with Gasteiger partial charge in [0.05, 0.1) is 0 Å². The van der Waals surface area contributed by atoms with Gasteiger partial charge in [-0.25, -0.2) is 0 Å². The zero-order valence-corrected chi connectivity index (χ0v) is 53.7. The first kappa shape index (κ1) is 77.8. The molecule has 0 radical (unpaired) electrons. The highest BCUT2D eigenvalue weighted by atomic mass is 16.6. The lowest BCUT2D eigenvalue weighted by atomic mass is 10.0. The molecule has 0 rings (SSSR count). The Bertz CT molecular complexity index is 1690. The molecule has 0 spiro atoms. The van der Waals surface area contributed by atoms with Crippen molar-refractivity contribution in [2.24, 2.45) is 0 Å². The van der Waals surface area contributed by atoms with Crippen LogP contribution >= 0.6 is 0 Å². The van der Waals surface area contributed by atoms with Crippen LogP contribution in [0.15, 0.2) is 122 Å². The molecule has 0 saturated carbocycles. The van der Waals surface area contributed by atoms with Crippen molar-refractivity contribution >= 4 is 17.9 Å². The summed E-state index contributed by atoms with van der Waals surface area (Å²) < 4.78 is 16.9. The summed E-state index contributed by atoms with van der Waals surface area (Å²) in [5.74, 6) is -0.922. The van der Waals surface area contributed by atoms with Crippen LogP contribution in [-0.4, -0.2) is 37.2 Å². The van der Waals surface area contributed by atoms with Gasteiger partial charge in [0.15, 0.2) is 6.10 Å². The second-order valence-electron chi connectivity index (χ2n) is 22.7. The fourth-order valence-corrected chi connectivity index (χ4v) is 9.55. The number of rotatable bonds is 62. The van der Waals surface area contributed by atoms with Crippen molar-refractivity contribution in [3.05, 3.63) is 122 Å². The normalized spacial score (nSPS) is 12.9. The van der Waals surface area contributed by atoms with Gasteiger partial charge in [0.1, 0.15) is 13.2 Å². The van der Waals surface area contributed by atoms with Gasteiger partial charge in [-0.05, 0) is 116 Å². The number of hydrogen-bond donors (Lipinski definition) is 0. The SMILES string of the molecule is CC/C=C\C/C=C\C/C=C\C/C=C\C/C=C\C/C=C\C/C=C\C/C=C\C/C=C\CCCCCC(=O)OCC(COC(=O)CCCCCCC/C=C\CCCCCCC)OC(=O)CCCCCCCCCCCCCCCCCCCCC. The lowest BCUT2D eigenvalue weighted by Gasteiger charge is -2.18. The third-order valence-corrected chi connectivity index (χ3v) is 14.7. The average molecular weight is 1140 g/mol. The standard InChI is InChI=1S/C76H128O6/c1-4-7-10-13-16-19-22-25-28-30-32-33-34-35-36-37-38-39-40-41-42-43-45-46-48-51-54-57-60-63-66-69-75(78)81-72-73(71-80-74(77)68-65-62-59-56-53-50-27-24-21-18-15-12-9-6-3)82-76(79)70-67-64-61-58-55-52-49-47-44-31-29-26-23-20-17-14-11-8-5-2/h7,10,16,19,24-25,27-28,32-33,35-36,38-39,41-42,45-46,51,54,73H,4-6,8-9,11-15,17-18,20-23,26,29-31,34,37,40,43-44,47-50,52-53,55-72H2,1-3H3/b10-7-,19-16-,27-24-,28-25-,33-32-,36-35-,39-38-,42-41-,46-45-,54-51-. The van der Waals surface area contributed by atoms with Crippen LogP contribution in [0.1, 0.15) is 323 Å². The van der Waals surface area contributed by atoms with Crippen LogP contribution in [0.5, 0.6) is 0 Å². The molecule has 0 aromatic heterocycles. The summed E-state index contributed by atoms with van der Waals surface area (Å²) in [4.78, 5) is 38.4. The minimum Gasteiger partial charge on any atom is -0.462 e. The number of esters is 3. The summed E-state index contributed by atoms with van der Waals surface area (Å²) in [7, 11) is 0. The lowest BCUT2D eigenvalue weighted by molar-refractivity contribution is -0.167. The summed E-state index contributed by atoms with van der Waals surface area (Å²) in [6.45, 7) is 6.51. The number of carbonyl (C=O) groups is 3. The van der Waals surface area contributed by atoms with Crippen molar-refractivity contribution in [1.82, 2.24) is 0 Å². The first-order valence-electron chi connectivity index (χ1n) is 34.5. The zero-order valence-electron chi connectivity index (χ0n) is 53.7. The van der Waals surface area contributed by atoms with E-state index in [9.17, 15) is 14.4 Å². The Kier molecular flexibility index (Phi) is 65.8. The highest BCUT2D eigenvalue weighted by Gasteiger charge is 2.19. The number of unbranched alkanes of at least 4 members (excludes halogenated alkanes) is 31. The van der Waals surface area contributed by atoms with E-state index in [1.54, 1.807) is 0 Å². The summed E-state index contributed by atoms with van der Waals surface area (Å²) in [6, 6.07) is 0. The van der Waals surface area contributed by atoms with E-state index in [4.69, 9.17) is 14.2 Å². The highest BCUT2D eigenvalue weighted by molar-refractivity contribution is 5.71. The van der Waals surface area contributed by atoms with E-state index < -0.39 is 6.10 Å². The zero-order chi connectivity index (χ0) is 59.2. The first-order chi connectivity index (χ1) is 40.5. The number of hydrogen-bond acceptors (Lipinski definition) is 6. The van der Waals surface area contributed by atoms with Gasteiger partial charge in [0, 0.05) is 19.3 Å². The van der Waals surface area contributed by atoms with Gasteiger partial charge in [0.25, 0.3) is 0 Å². The molecule has 0 aromatic carbocycles. The smallest absolute Gasteiger partial charge is 0.306 e. The summed E-state index contributed by atoms with van der Waals surface area (Å²) in [5.41, 5.74) is 0. The summed E-state index contributed by atoms with van der Waals surface area (Å²) in [6.07, 6.45) is 96.4. The Morgan fingerprint density at radius 3 is 0.768 bits per heavy atom. The molecule has 468 valence electrons. The molecule has 0 amide bonds. The van der Waals surface area contributed by atoms with Gasteiger partial charge in [0.2, 0.25) is 0 Å². The number of carbonyl (C=O) groups excluding carboxylic acids is 3. The van der Waals surface area contributed by atoms with E-state index in [1.807, 2.05) is 0 Å². The molecule has 6 nitrogen and oxygen atoms in total. The molecule has 0 heterocycles. The van der Waals surface area contributed by atoms with Crippen LogP contribution in [0.25, 0.3) is 0 Å². The second kappa shape index (κ2) is 69.3. The van der Waals surface area contributed by atoms with E-state index in [0.29, 0.717) is 19.3 Å². The minimum atomic E-state index is -0.798. The molecule has 82 heavy (non-hydrogen) atoms. The van der Waals surface area contributed by atoms with Crippen LogP contribution in [0.3, 0.4) is 0 Å². The monoisotopic (exact) mass is 1140 g/mol. The van der Waals surface area contributed by atoms with Crippen molar-refractivity contribution in [1.29, 1.82) is 0 Å². The fraction of sp³-hybridized carbons (Fsp3) is 0.697. The molecule has 1 atom stereocenters. The van der Waals surface area contributed by atoms with Crippen LogP contribution in [0, 0.1) is 0 Å².